The van der Waals surface area contributed by atoms with Crippen molar-refractivity contribution >= 4 is 40.2 Å². The van der Waals surface area contributed by atoms with Gasteiger partial charge >= 0.3 is 0 Å². The van der Waals surface area contributed by atoms with Gasteiger partial charge in [0, 0.05) is 29.8 Å². The number of rotatable bonds is 8. The fourth-order valence-corrected chi connectivity index (χ4v) is 3.26. The van der Waals surface area contributed by atoms with Crippen LogP contribution in [0.1, 0.15) is 29.8 Å². The van der Waals surface area contributed by atoms with E-state index in [1.54, 1.807) is 29.9 Å². The Morgan fingerprint density at radius 1 is 1.33 bits per heavy atom. The lowest BCUT2D eigenvalue weighted by atomic mass is 10.1. The number of amides is 1. The second-order valence-electron chi connectivity index (χ2n) is 6.98. The van der Waals surface area contributed by atoms with Crippen molar-refractivity contribution in [3.05, 3.63) is 45.6 Å². The molecule has 158 valence electrons. The van der Waals surface area contributed by atoms with E-state index in [1.807, 2.05) is 20.1 Å². The van der Waals surface area contributed by atoms with E-state index < -0.39 is 4.92 Å². The van der Waals surface area contributed by atoms with E-state index in [4.69, 9.17) is 0 Å². The van der Waals surface area contributed by atoms with Crippen LogP contribution in [0.5, 0.6) is 0 Å². The van der Waals surface area contributed by atoms with Gasteiger partial charge in [0.05, 0.1) is 23.1 Å². The quantitative estimate of drug-likeness (QED) is 0.242. The lowest BCUT2D eigenvalue weighted by molar-refractivity contribution is -0.385. The second kappa shape index (κ2) is 9.08. The predicted octanol–water partition coefficient (Wildman–Crippen LogP) is 3.02. The molecule has 0 saturated heterocycles. The molecule has 0 bridgehead atoms. The molecule has 3 rings (SSSR count). The summed E-state index contributed by atoms with van der Waals surface area (Å²) in [5.74, 6) is 0.345. The van der Waals surface area contributed by atoms with Crippen LogP contribution in [0.4, 0.5) is 11.5 Å². The van der Waals surface area contributed by atoms with E-state index in [-0.39, 0.29) is 23.2 Å². The molecule has 0 saturated carbocycles. The van der Waals surface area contributed by atoms with Crippen molar-refractivity contribution in [1.29, 1.82) is 0 Å². The van der Waals surface area contributed by atoms with Crippen LogP contribution in [0, 0.1) is 17.0 Å². The van der Waals surface area contributed by atoms with Crippen LogP contribution in [0.15, 0.2) is 29.6 Å². The molecule has 10 nitrogen and oxygen atoms in total. The molecule has 2 heterocycles. The number of hydrogen-bond acceptors (Lipinski definition) is 8. The number of thioether (sulfide) groups is 1. The lowest BCUT2D eigenvalue weighted by Gasteiger charge is -2.11. The third-order valence-corrected chi connectivity index (χ3v) is 4.91. The van der Waals surface area contributed by atoms with Crippen LogP contribution in [-0.4, -0.2) is 49.4 Å². The number of nitro benzene ring substituents is 1. The molecule has 2 aromatic heterocycles. The molecule has 0 unspecified atom stereocenters. The molecule has 0 aliphatic carbocycles. The Morgan fingerprint density at radius 3 is 2.77 bits per heavy atom. The smallest absolute Gasteiger partial charge is 0.273 e. The fourth-order valence-electron chi connectivity index (χ4n) is 2.90. The maximum atomic E-state index is 12.4. The summed E-state index contributed by atoms with van der Waals surface area (Å²) >= 11 is 1.44. The summed E-state index contributed by atoms with van der Waals surface area (Å²) < 4.78 is 1.71. The lowest BCUT2D eigenvalue weighted by Crippen LogP contribution is -2.27. The molecule has 1 aromatic carbocycles. The van der Waals surface area contributed by atoms with Crippen LogP contribution in [0.2, 0.25) is 0 Å². The van der Waals surface area contributed by atoms with Crippen LogP contribution < -0.4 is 10.6 Å². The summed E-state index contributed by atoms with van der Waals surface area (Å²) in [6.45, 7) is 6.39. The Labute approximate surface area is 177 Å². The first kappa shape index (κ1) is 21.5. The number of carbonyl (C=O) groups excluding carboxylic acids is 1. The molecule has 2 N–H and O–H groups in total. The van der Waals surface area contributed by atoms with Crippen molar-refractivity contribution in [2.45, 2.75) is 38.5 Å². The SMILES string of the molecule is CSc1nc(NC(C)C)c2cnn(CCNC(=O)c3ccc(C)c([N+](=O)[O-])c3)c2n1. The van der Waals surface area contributed by atoms with Gasteiger partial charge in [-0.2, -0.15) is 5.10 Å². The highest BCUT2D eigenvalue weighted by atomic mass is 32.2. The zero-order valence-corrected chi connectivity index (χ0v) is 18.0. The molecular formula is C19H23N7O3S. The van der Waals surface area contributed by atoms with E-state index >= 15 is 0 Å². The van der Waals surface area contributed by atoms with Crippen LogP contribution in [0.25, 0.3) is 11.0 Å². The highest BCUT2D eigenvalue weighted by molar-refractivity contribution is 7.98. The summed E-state index contributed by atoms with van der Waals surface area (Å²) in [5, 5.41) is 23.0. The van der Waals surface area contributed by atoms with Gasteiger partial charge in [0.1, 0.15) is 5.82 Å². The molecule has 0 aliphatic rings. The number of aryl methyl sites for hydroxylation is 1. The number of nitrogens with one attached hydrogen (secondary N) is 2. The van der Waals surface area contributed by atoms with Crippen molar-refractivity contribution < 1.29 is 9.72 Å². The van der Waals surface area contributed by atoms with Crippen molar-refractivity contribution in [3.8, 4) is 0 Å². The van der Waals surface area contributed by atoms with Crippen LogP contribution in [-0.2, 0) is 6.54 Å². The van der Waals surface area contributed by atoms with Gasteiger partial charge in [-0.05, 0) is 33.1 Å². The number of benzene rings is 1. The first-order valence-corrected chi connectivity index (χ1v) is 10.6. The maximum Gasteiger partial charge on any atom is 0.273 e. The number of carbonyl (C=O) groups is 1. The summed E-state index contributed by atoms with van der Waals surface area (Å²) in [5.41, 5.74) is 1.35. The Kier molecular flexibility index (Phi) is 6.50. The normalized spacial score (nSPS) is 11.1. The Hall–Kier alpha value is -3.21. The van der Waals surface area contributed by atoms with E-state index in [0.717, 1.165) is 11.2 Å². The number of nitro groups is 1. The number of hydrogen-bond donors (Lipinski definition) is 2. The van der Waals surface area contributed by atoms with Crippen LogP contribution in [0.3, 0.4) is 0 Å². The van der Waals surface area contributed by atoms with Crippen LogP contribution >= 0.6 is 11.8 Å². The minimum Gasteiger partial charge on any atom is -0.367 e. The zero-order chi connectivity index (χ0) is 21.8. The fraction of sp³-hybridized carbons (Fsp3) is 0.368. The number of anilines is 1. The van der Waals surface area contributed by atoms with E-state index in [0.29, 0.717) is 29.5 Å². The van der Waals surface area contributed by atoms with Crippen molar-refractivity contribution in [2.75, 3.05) is 18.1 Å². The minimum absolute atomic E-state index is 0.0767. The third-order valence-electron chi connectivity index (χ3n) is 4.36. The first-order valence-electron chi connectivity index (χ1n) is 9.37. The standard InChI is InChI=1S/C19H23N7O3S/c1-11(2)22-16-14-10-21-25(17(14)24-19(23-16)30-4)8-7-20-18(27)13-6-5-12(3)15(9-13)26(28)29/h5-6,9-11H,7-8H2,1-4H3,(H,20,27)(H,22,23,24). The van der Waals surface area contributed by atoms with Gasteiger partial charge in [0.25, 0.3) is 11.6 Å². The topological polar surface area (TPSA) is 128 Å². The second-order valence-corrected chi connectivity index (χ2v) is 7.75. The molecule has 0 aliphatic heterocycles. The highest BCUT2D eigenvalue weighted by Crippen LogP contribution is 2.24. The summed E-state index contributed by atoms with van der Waals surface area (Å²) in [6, 6.07) is 4.63. The summed E-state index contributed by atoms with van der Waals surface area (Å²) in [4.78, 5) is 32.0. The summed E-state index contributed by atoms with van der Waals surface area (Å²) in [6.07, 6.45) is 3.61. The van der Waals surface area contributed by atoms with E-state index in [1.165, 1.54) is 17.8 Å². The average Bonchev–Trinajstić information content (AvgIpc) is 3.10. The Morgan fingerprint density at radius 2 is 2.10 bits per heavy atom. The minimum atomic E-state index is -0.492. The van der Waals surface area contributed by atoms with Crippen molar-refractivity contribution in [2.24, 2.45) is 0 Å². The van der Waals surface area contributed by atoms with Crippen molar-refractivity contribution in [1.82, 2.24) is 25.1 Å². The molecule has 0 spiro atoms. The number of nitrogens with zero attached hydrogens (tertiary/aromatic N) is 5. The first-order chi connectivity index (χ1) is 14.3. The number of fused-ring (bicyclic) bond motifs is 1. The molecule has 1 amide bonds. The summed E-state index contributed by atoms with van der Waals surface area (Å²) in [7, 11) is 0. The largest absolute Gasteiger partial charge is 0.367 e. The molecule has 0 atom stereocenters. The van der Waals surface area contributed by atoms with E-state index in [9.17, 15) is 14.9 Å². The van der Waals surface area contributed by atoms with Gasteiger partial charge < -0.3 is 10.6 Å². The van der Waals surface area contributed by atoms with Gasteiger partial charge in [0.15, 0.2) is 10.8 Å². The van der Waals surface area contributed by atoms with E-state index in [2.05, 4.69) is 25.7 Å². The van der Waals surface area contributed by atoms with Gasteiger partial charge in [0.2, 0.25) is 0 Å². The average molecular weight is 430 g/mol. The molecule has 30 heavy (non-hydrogen) atoms. The van der Waals surface area contributed by atoms with Crippen molar-refractivity contribution in [3.63, 3.8) is 0 Å². The molecule has 0 fully saturated rings. The third kappa shape index (κ3) is 4.67. The van der Waals surface area contributed by atoms with Gasteiger partial charge in [-0.1, -0.05) is 17.8 Å². The molecular weight excluding hydrogens is 406 g/mol. The van der Waals surface area contributed by atoms with Gasteiger partial charge in [-0.25, -0.2) is 14.6 Å². The zero-order valence-electron chi connectivity index (χ0n) is 17.2. The predicted molar refractivity (Wildman–Crippen MR) is 116 cm³/mol. The number of aromatic nitrogens is 4. The molecule has 11 heteroatoms. The monoisotopic (exact) mass is 429 g/mol. The Balaban J connectivity index is 1.74. The molecule has 3 aromatic rings. The Bertz CT molecular complexity index is 1100. The maximum absolute atomic E-state index is 12.4. The van der Waals surface area contributed by atoms with Gasteiger partial charge in [-0.15, -0.1) is 0 Å². The van der Waals surface area contributed by atoms with Gasteiger partial charge in [-0.3, -0.25) is 14.9 Å². The molecule has 0 radical (unpaired) electrons. The highest BCUT2D eigenvalue weighted by Gasteiger charge is 2.16.